The third-order valence-corrected chi connectivity index (χ3v) is 5.10. The number of thiophene rings is 1. The van der Waals surface area contributed by atoms with Gasteiger partial charge in [-0.3, -0.25) is 9.59 Å². The summed E-state index contributed by atoms with van der Waals surface area (Å²) < 4.78 is 0. The number of amides is 1. The largest absolute Gasteiger partial charge is 0.302 e. The van der Waals surface area contributed by atoms with E-state index in [-0.39, 0.29) is 11.7 Å². The van der Waals surface area contributed by atoms with Gasteiger partial charge in [0.25, 0.3) is 0 Å². The smallest absolute Gasteiger partial charge is 0.231 e. The summed E-state index contributed by atoms with van der Waals surface area (Å²) in [5, 5.41) is 5.18. The quantitative estimate of drug-likeness (QED) is 0.705. The molecule has 0 radical (unpaired) electrons. The highest BCUT2D eigenvalue weighted by Gasteiger charge is 2.17. The van der Waals surface area contributed by atoms with Crippen LogP contribution < -0.4 is 5.32 Å². The number of Topliss-reactive ketones (excluding diaryl/α,β-unsaturated/α-hetero) is 1. The maximum Gasteiger partial charge on any atom is 0.231 e. The summed E-state index contributed by atoms with van der Waals surface area (Å²) in [5.41, 5.74) is 1.49. The first-order valence-electron chi connectivity index (χ1n) is 7.03. The van der Waals surface area contributed by atoms with E-state index in [1.165, 1.54) is 29.6 Å². The van der Waals surface area contributed by atoms with Gasteiger partial charge in [0.05, 0.1) is 17.0 Å². The Morgan fingerprint density at radius 3 is 2.57 bits per heavy atom. The van der Waals surface area contributed by atoms with Crippen LogP contribution in [0.5, 0.6) is 0 Å². The number of carbonyl (C=O) groups is 2. The lowest BCUT2D eigenvalue weighted by Crippen LogP contribution is -2.13. The highest BCUT2D eigenvalue weighted by molar-refractivity contribution is 7.18. The lowest BCUT2D eigenvalue weighted by molar-refractivity contribution is -0.115. The van der Waals surface area contributed by atoms with Gasteiger partial charge in [0.1, 0.15) is 0 Å². The molecule has 0 saturated carbocycles. The average Bonchev–Trinajstić information content (AvgIpc) is 3.17. The Labute approximate surface area is 141 Å². The molecule has 4 nitrogen and oxygen atoms in total. The molecule has 0 unspecified atom stereocenters. The zero-order chi connectivity index (χ0) is 16.2. The Kier molecular flexibility index (Phi) is 4.64. The van der Waals surface area contributed by atoms with Crippen molar-refractivity contribution < 1.29 is 9.59 Å². The molecule has 0 spiro atoms. The van der Waals surface area contributed by atoms with E-state index in [0.29, 0.717) is 22.1 Å². The number of aromatic nitrogens is 1. The molecule has 0 aliphatic carbocycles. The van der Waals surface area contributed by atoms with Crippen LogP contribution in [-0.2, 0) is 11.2 Å². The van der Waals surface area contributed by atoms with Gasteiger partial charge in [-0.2, -0.15) is 0 Å². The van der Waals surface area contributed by atoms with Crippen LogP contribution in [-0.4, -0.2) is 16.7 Å². The molecular weight excluding hydrogens is 328 g/mol. The Morgan fingerprint density at radius 1 is 1.13 bits per heavy atom. The fourth-order valence-corrected chi connectivity index (χ4v) is 3.74. The standard InChI is InChI=1S/C17H14N2O2S2/c1-11(20)16-15(12-6-3-2-4-7-12)19-17(23-16)18-14(21)10-13-8-5-9-22-13/h2-9H,10H2,1H3,(H,18,19,21). The van der Waals surface area contributed by atoms with Gasteiger partial charge in [-0.15, -0.1) is 11.3 Å². The van der Waals surface area contributed by atoms with Crippen LogP contribution in [0.25, 0.3) is 11.3 Å². The number of hydrogen-bond acceptors (Lipinski definition) is 5. The van der Waals surface area contributed by atoms with Crippen LogP contribution in [0.1, 0.15) is 21.5 Å². The van der Waals surface area contributed by atoms with Crippen molar-refractivity contribution in [2.24, 2.45) is 0 Å². The summed E-state index contributed by atoms with van der Waals surface area (Å²) in [6, 6.07) is 13.3. The molecular formula is C17H14N2O2S2. The van der Waals surface area contributed by atoms with Gasteiger partial charge in [0, 0.05) is 17.4 Å². The maximum atomic E-state index is 12.1. The molecule has 3 aromatic rings. The van der Waals surface area contributed by atoms with E-state index in [2.05, 4.69) is 10.3 Å². The van der Waals surface area contributed by atoms with E-state index in [9.17, 15) is 9.59 Å². The zero-order valence-electron chi connectivity index (χ0n) is 12.4. The van der Waals surface area contributed by atoms with Gasteiger partial charge < -0.3 is 5.32 Å². The molecule has 6 heteroatoms. The highest BCUT2D eigenvalue weighted by Crippen LogP contribution is 2.31. The molecule has 1 amide bonds. The van der Waals surface area contributed by atoms with Gasteiger partial charge in [0.2, 0.25) is 5.91 Å². The van der Waals surface area contributed by atoms with Crippen molar-refractivity contribution in [2.75, 3.05) is 5.32 Å². The van der Waals surface area contributed by atoms with E-state index in [1.54, 1.807) is 0 Å². The maximum absolute atomic E-state index is 12.1. The number of ketones is 1. The summed E-state index contributed by atoms with van der Waals surface area (Å²) in [6.07, 6.45) is 0.313. The predicted octanol–water partition coefficient (Wildman–Crippen LogP) is 4.26. The zero-order valence-corrected chi connectivity index (χ0v) is 14.0. The first-order chi connectivity index (χ1) is 11.1. The van der Waals surface area contributed by atoms with Crippen molar-refractivity contribution in [1.29, 1.82) is 0 Å². The molecule has 116 valence electrons. The molecule has 0 aliphatic rings. The molecule has 2 aromatic heterocycles. The van der Waals surface area contributed by atoms with Gasteiger partial charge >= 0.3 is 0 Å². The van der Waals surface area contributed by atoms with E-state index in [4.69, 9.17) is 0 Å². The Balaban J connectivity index is 1.83. The average molecular weight is 342 g/mol. The molecule has 1 N–H and O–H groups in total. The van der Waals surface area contributed by atoms with E-state index in [1.807, 2.05) is 47.8 Å². The fraction of sp³-hybridized carbons (Fsp3) is 0.118. The van der Waals surface area contributed by atoms with Gasteiger partial charge in [0.15, 0.2) is 10.9 Å². The lowest BCUT2D eigenvalue weighted by Gasteiger charge is -1.99. The lowest BCUT2D eigenvalue weighted by atomic mass is 10.1. The second-order valence-corrected chi connectivity index (χ2v) is 6.95. The summed E-state index contributed by atoms with van der Waals surface area (Å²) in [4.78, 5) is 29.9. The third kappa shape index (κ3) is 3.72. The molecule has 0 atom stereocenters. The van der Waals surface area contributed by atoms with Crippen molar-refractivity contribution in [3.05, 3.63) is 57.6 Å². The van der Waals surface area contributed by atoms with Gasteiger partial charge in [-0.25, -0.2) is 4.98 Å². The van der Waals surface area contributed by atoms with Crippen LogP contribution >= 0.6 is 22.7 Å². The monoisotopic (exact) mass is 342 g/mol. The molecule has 23 heavy (non-hydrogen) atoms. The molecule has 0 aliphatic heterocycles. The van der Waals surface area contributed by atoms with Crippen LogP contribution in [0.4, 0.5) is 5.13 Å². The Hall–Kier alpha value is -2.31. The number of hydrogen-bond donors (Lipinski definition) is 1. The topological polar surface area (TPSA) is 59.1 Å². The van der Waals surface area contributed by atoms with Crippen LogP contribution in [0, 0.1) is 0 Å². The van der Waals surface area contributed by atoms with Crippen molar-refractivity contribution in [2.45, 2.75) is 13.3 Å². The first-order valence-corrected chi connectivity index (χ1v) is 8.72. The highest BCUT2D eigenvalue weighted by atomic mass is 32.1. The SMILES string of the molecule is CC(=O)c1sc(NC(=O)Cc2cccs2)nc1-c1ccccc1. The molecule has 1 aromatic carbocycles. The minimum atomic E-state index is -0.129. The van der Waals surface area contributed by atoms with Crippen molar-refractivity contribution in [3.8, 4) is 11.3 Å². The summed E-state index contributed by atoms with van der Waals surface area (Å²) >= 11 is 2.75. The van der Waals surface area contributed by atoms with E-state index >= 15 is 0 Å². The number of anilines is 1. The summed E-state index contributed by atoms with van der Waals surface area (Å²) in [5.74, 6) is -0.184. The van der Waals surface area contributed by atoms with Crippen LogP contribution in [0.3, 0.4) is 0 Å². The minimum Gasteiger partial charge on any atom is -0.302 e. The van der Waals surface area contributed by atoms with Crippen LogP contribution in [0.2, 0.25) is 0 Å². The normalized spacial score (nSPS) is 10.5. The molecule has 2 heterocycles. The van der Waals surface area contributed by atoms with Crippen molar-refractivity contribution in [3.63, 3.8) is 0 Å². The number of carbonyl (C=O) groups excluding carboxylic acids is 2. The Morgan fingerprint density at radius 2 is 1.91 bits per heavy atom. The van der Waals surface area contributed by atoms with E-state index in [0.717, 1.165) is 10.4 Å². The minimum absolute atomic E-state index is 0.0555. The first kappa shape index (κ1) is 15.6. The molecule has 0 fully saturated rings. The number of nitrogens with zero attached hydrogens (tertiary/aromatic N) is 1. The second kappa shape index (κ2) is 6.85. The molecule has 0 bridgehead atoms. The molecule has 0 saturated heterocycles. The van der Waals surface area contributed by atoms with E-state index < -0.39 is 0 Å². The predicted molar refractivity (Wildman–Crippen MR) is 94.2 cm³/mol. The number of nitrogens with one attached hydrogen (secondary N) is 1. The van der Waals surface area contributed by atoms with Gasteiger partial charge in [-0.05, 0) is 11.4 Å². The summed E-state index contributed by atoms with van der Waals surface area (Å²) in [6.45, 7) is 1.51. The number of rotatable bonds is 5. The fourth-order valence-electron chi connectivity index (χ4n) is 2.14. The summed E-state index contributed by atoms with van der Waals surface area (Å²) in [7, 11) is 0. The number of benzene rings is 1. The van der Waals surface area contributed by atoms with Crippen molar-refractivity contribution >= 4 is 39.5 Å². The number of thiazole rings is 1. The molecule has 3 rings (SSSR count). The third-order valence-electron chi connectivity index (χ3n) is 3.16. The van der Waals surface area contributed by atoms with Gasteiger partial charge in [-0.1, -0.05) is 47.7 Å². The van der Waals surface area contributed by atoms with Crippen LogP contribution in [0.15, 0.2) is 47.8 Å². The second-order valence-electron chi connectivity index (χ2n) is 4.92. The van der Waals surface area contributed by atoms with Crippen molar-refractivity contribution in [1.82, 2.24) is 4.98 Å². The Bertz CT molecular complexity index is 824.